The normalized spacial score (nSPS) is 13.6. The lowest BCUT2D eigenvalue weighted by Gasteiger charge is -2.17. The Bertz CT molecular complexity index is 1050. The van der Waals surface area contributed by atoms with Gasteiger partial charge in [-0.1, -0.05) is 0 Å². The first-order valence-corrected chi connectivity index (χ1v) is 8.81. The van der Waals surface area contributed by atoms with E-state index in [4.69, 9.17) is 5.26 Å². The maximum Gasteiger partial charge on any atom is 0.255 e. The van der Waals surface area contributed by atoms with E-state index in [1.165, 1.54) is 6.07 Å². The van der Waals surface area contributed by atoms with Crippen LogP contribution in [-0.2, 0) is 0 Å². The van der Waals surface area contributed by atoms with E-state index in [1.54, 1.807) is 30.3 Å². The van der Waals surface area contributed by atoms with Gasteiger partial charge in [-0.2, -0.15) is 5.26 Å². The van der Waals surface area contributed by atoms with Crippen LogP contribution in [0.25, 0.3) is 10.9 Å². The molecule has 2 aromatic carbocycles. The molecule has 3 aromatic rings. The van der Waals surface area contributed by atoms with Gasteiger partial charge in [-0.25, -0.2) is 9.37 Å². The van der Waals surface area contributed by atoms with Crippen molar-refractivity contribution in [3.63, 3.8) is 0 Å². The zero-order valence-electron chi connectivity index (χ0n) is 14.6. The minimum Gasteiger partial charge on any atom is -0.357 e. The fourth-order valence-corrected chi connectivity index (χ4v) is 3.28. The highest BCUT2D eigenvalue weighted by Gasteiger charge is 2.15. The third-order valence-corrected chi connectivity index (χ3v) is 4.70. The summed E-state index contributed by atoms with van der Waals surface area (Å²) < 4.78 is 14.6. The van der Waals surface area contributed by atoms with Crippen molar-refractivity contribution < 1.29 is 9.18 Å². The summed E-state index contributed by atoms with van der Waals surface area (Å²) in [4.78, 5) is 19.0. The number of hydrogen-bond donors (Lipinski definition) is 1. The quantitative estimate of drug-likeness (QED) is 0.763. The minimum absolute atomic E-state index is 0.302. The third-order valence-electron chi connectivity index (χ3n) is 4.70. The molecule has 0 unspecified atom stereocenters. The van der Waals surface area contributed by atoms with Crippen LogP contribution >= 0.6 is 0 Å². The number of aromatic nitrogens is 1. The lowest BCUT2D eigenvalue weighted by Crippen LogP contribution is -2.18. The zero-order valence-corrected chi connectivity index (χ0v) is 14.6. The summed E-state index contributed by atoms with van der Waals surface area (Å²) in [6, 6.07) is 15.0. The van der Waals surface area contributed by atoms with Crippen molar-refractivity contribution in [2.45, 2.75) is 12.8 Å². The highest BCUT2D eigenvalue weighted by molar-refractivity contribution is 6.05. The number of fused-ring (bicyclic) bond motifs is 1. The third kappa shape index (κ3) is 3.44. The summed E-state index contributed by atoms with van der Waals surface area (Å²) in [7, 11) is 0. The van der Waals surface area contributed by atoms with Crippen LogP contribution in [0.1, 0.15) is 28.8 Å². The van der Waals surface area contributed by atoms with E-state index in [0.717, 1.165) is 31.7 Å². The summed E-state index contributed by atoms with van der Waals surface area (Å²) >= 11 is 0. The van der Waals surface area contributed by atoms with Crippen molar-refractivity contribution >= 4 is 28.3 Å². The first kappa shape index (κ1) is 17.0. The molecule has 0 spiro atoms. The molecule has 4 rings (SSSR count). The molecule has 1 amide bonds. The number of benzene rings is 2. The Morgan fingerprint density at radius 3 is 2.56 bits per heavy atom. The second-order valence-corrected chi connectivity index (χ2v) is 6.54. The molecule has 0 saturated carbocycles. The molecule has 0 radical (unpaired) electrons. The number of nitriles is 1. The fraction of sp³-hybridized carbons (Fsp3) is 0.190. The molecule has 0 atom stereocenters. The highest BCUT2D eigenvalue weighted by atomic mass is 19.1. The second kappa shape index (κ2) is 7.04. The predicted molar refractivity (Wildman–Crippen MR) is 102 cm³/mol. The van der Waals surface area contributed by atoms with E-state index in [1.807, 2.05) is 18.2 Å². The molecule has 0 bridgehead atoms. The van der Waals surface area contributed by atoms with Gasteiger partial charge in [0.2, 0.25) is 0 Å². The van der Waals surface area contributed by atoms with Gasteiger partial charge in [0.1, 0.15) is 11.3 Å². The SMILES string of the molecule is N#Cc1ccc(C(=O)Nc2cc(F)c3nc(N4CCCC4)ccc3c2)cc1. The number of carbonyl (C=O) groups is 1. The monoisotopic (exact) mass is 360 g/mol. The molecule has 1 N–H and O–H groups in total. The number of anilines is 2. The van der Waals surface area contributed by atoms with Gasteiger partial charge < -0.3 is 10.2 Å². The number of halogens is 1. The Kier molecular flexibility index (Phi) is 4.43. The summed E-state index contributed by atoms with van der Waals surface area (Å²) in [5.74, 6) is -0.0446. The first-order chi connectivity index (χ1) is 13.1. The molecular weight excluding hydrogens is 343 g/mol. The van der Waals surface area contributed by atoms with Crippen molar-refractivity contribution in [1.82, 2.24) is 4.98 Å². The zero-order chi connectivity index (χ0) is 18.8. The number of rotatable bonds is 3. The van der Waals surface area contributed by atoms with Crippen LogP contribution in [-0.4, -0.2) is 24.0 Å². The Morgan fingerprint density at radius 1 is 1.11 bits per heavy atom. The van der Waals surface area contributed by atoms with Crippen molar-refractivity contribution in [1.29, 1.82) is 5.26 Å². The lowest BCUT2D eigenvalue weighted by atomic mass is 10.1. The lowest BCUT2D eigenvalue weighted by molar-refractivity contribution is 0.102. The van der Waals surface area contributed by atoms with Crippen LogP contribution in [0.15, 0.2) is 48.5 Å². The van der Waals surface area contributed by atoms with Gasteiger partial charge in [-0.05, 0) is 61.4 Å². The second-order valence-electron chi connectivity index (χ2n) is 6.54. The molecule has 1 saturated heterocycles. The van der Waals surface area contributed by atoms with Crippen LogP contribution in [0.2, 0.25) is 0 Å². The first-order valence-electron chi connectivity index (χ1n) is 8.81. The maximum atomic E-state index is 14.6. The average molecular weight is 360 g/mol. The maximum absolute atomic E-state index is 14.6. The predicted octanol–water partition coefficient (Wildman–Crippen LogP) is 4.10. The van der Waals surface area contributed by atoms with Crippen LogP contribution in [0.5, 0.6) is 0 Å². The number of carbonyl (C=O) groups excluding carboxylic acids is 1. The van der Waals surface area contributed by atoms with Crippen molar-refractivity contribution in [2.75, 3.05) is 23.3 Å². The Balaban J connectivity index is 1.59. The minimum atomic E-state index is -0.469. The standard InChI is InChI=1S/C21H17FN4O/c22-18-12-17(24-21(27)15-5-3-14(13-23)4-6-15)11-16-7-8-19(25-20(16)18)26-9-1-2-10-26/h3-8,11-12H,1-2,9-10H2,(H,24,27). The van der Waals surface area contributed by atoms with Crippen LogP contribution in [0, 0.1) is 17.1 Å². The molecule has 2 heterocycles. The number of pyridine rings is 1. The fourth-order valence-electron chi connectivity index (χ4n) is 3.28. The van der Waals surface area contributed by atoms with Gasteiger partial charge in [0, 0.05) is 29.7 Å². The van der Waals surface area contributed by atoms with Gasteiger partial charge in [0.15, 0.2) is 5.82 Å². The van der Waals surface area contributed by atoms with Crippen LogP contribution in [0.3, 0.4) is 0 Å². The van der Waals surface area contributed by atoms with Crippen molar-refractivity contribution in [2.24, 2.45) is 0 Å². The Hall–Kier alpha value is -3.46. The molecule has 0 aliphatic carbocycles. The number of nitrogens with zero attached hydrogens (tertiary/aromatic N) is 3. The number of amides is 1. The highest BCUT2D eigenvalue weighted by Crippen LogP contribution is 2.26. The van der Waals surface area contributed by atoms with Crippen LogP contribution in [0.4, 0.5) is 15.9 Å². The Labute approximate surface area is 156 Å². The van der Waals surface area contributed by atoms with E-state index in [0.29, 0.717) is 27.7 Å². The van der Waals surface area contributed by atoms with Gasteiger partial charge in [0.25, 0.3) is 5.91 Å². The topological polar surface area (TPSA) is 69.0 Å². The Morgan fingerprint density at radius 2 is 1.85 bits per heavy atom. The van der Waals surface area contributed by atoms with E-state index < -0.39 is 5.82 Å². The molecule has 6 heteroatoms. The molecule has 5 nitrogen and oxygen atoms in total. The van der Waals surface area contributed by atoms with Gasteiger partial charge in [-0.3, -0.25) is 4.79 Å². The van der Waals surface area contributed by atoms with Gasteiger partial charge in [-0.15, -0.1) is 0 Å². The van der Waals surface area contributed by atoms with E-state index in [2.05, 4.69) is 15.2 Å². The van der Waals surface area contributed by atoms with Gasteiger partial charge in [0.05, 0.1) is 11.6 Å². The van der Waals surface area contributed by atoms with E-state index in [9.17, 15) is 9.18 Å². The molecule has 134 valence electrons. The molecule has 1 fully saturated rings. The van der Waals surface area contributed by atoms with Crippen LogP contribution < -0.4 is 10.2 Å². The van der Waals surface area contributed by atoms with E-state index in [-0.39, 0.29) is 5.91 Å². The summed E-state index contributed by atoms with van der Waals surface area (Å²) in [6.45, 7) is 1.89. The summed E-state index contributed by atoms with van der Waals surface area (Å²) in [6.07, 6.45) is 2.25. The largest absolute Gasteiger partial charge is 0.357 e. The van der Waals surface area contributed by atoms with E-state index >= 15 is 0 Å². The molecular formula is C21H17FN4O. The van der Waals surface area contributed by atoms with Crippen molar-refractivity contribution in [3.8, 4) is 6.07 Å². The number of hydrogen-bond acceptors (Lipinski definition) is 4. The summed E-state index contributed by atoms with van der Waals surface area (Å²) in [5.41, 5.74) is 1.54. The smallest absolute Gasteiger partial charge is 0.255 e. The number of nitrogens with one attached hydrogen (secondary N) is 1. The van der Waals surface area contributed by atoms with Gasteiger partial charge >= 0.3 is 0 Å². The average Bonchev–Trinajstić information content (AvgIpc) is 3.23. The van der Waals surface area contributed by atoms with Crippen molar-refractivity contribution in [3.05, 3.63) is 65.5 Å². The molecule has 1 aromatic heterocycles. The molecule has 1 aliphatic rings. The summed E-state index contributed by atoms with van der Waals surface area (Å²) in [5, 5.41) is 12.2. The molecule has 27 heavy (non-hydrogen) atoms. The molecule has 1 aliphatic heterocycles.